The Labute approximate surface area is 139 Å². The molecule has 3 nitrogen and oxygen atoms in total. The SMILES string of the molecule is CCN(CC)CCNCc1ccc(-c2ccc(C#N)cc2)cc1. The largest absolute Gasteiger partial charge is 0.311 e. The number of nitriles is 1. The lowest BCUT2D eigenvalue weighted by molar-refractivity contribution is 0.302. The maximum absolute atomic E-state index is 8.84. The van der Waals surface area contributed by atoms with Crippen LogP contribution in [-0.2, 0) is 6.54 Å². The molecule has 0 bridgehead atoms. The second-order valence-corrected chi connectivity index (χ2v) is 5.59. The van der Waals surface area contributed by atoms with Gasteiger partial charge in [0.2, 0.25) is 0 Å². The van der Waals surface area contributed by atoms with E-state index < -0.39 is 0 Å². The molecule has 1 N–H and O–H groups in total. The second-order valence-electron chi connectivity index (χ2n) is 5.59. The molecular formula is C20H25N3. The monoisotopic (exact) mass is 307 g/mol. The van der Waals surface area contributed by atoms with Crippen LogP contribution in [0.1, 0.15) is 25.0 Å². The van der Waals surface area contributed by atoms with E-state index in [1.165, 1.54) is 11.1 Å². The minimum Gasteiger partial charge on any atom is -0.311 e. The minimum atomic E-state index is 0.697. The molecule has 0 amide bonds. The third-order valence-corrected chi connectivity index (χ3v) is 4.13. The highest BCUT2D eigenvalue weighted by Crippen LogP contribution is 2.20. The number of likely N-dealkylation sites (N-methyl/N-ethyl adjacent to an activating group) is 1. The van der Waals surface area contributed by atoms with E-state index in [0.717, 1.165) is 38.3 Å². The molecular weight excluding hydrogens is 282 g/mol. The van der Waals surface area contributed by atoms with Crippen LogP contribution < -0.4 is 5.32 Å². The van der Waals surface area contributed by atoms with Gasteiger partial charge in [0.15, 0.2) is 0 Å². The summed E-state index contributed by atoms with van der Waals surface area (Å²) < 4.78 is 0. The smallest absolute Gasteiger partial charge is 0.0991 e. The summed E-state index contributed by atoms with van der Waals surface area (Å²) in [6.07, 6.45) is 0. The van der Waals surface area contributed by atoms with Crippen molar-refractivity contribution in [2.75, 3.05) is 26.2 Å². The molecule has 0 atom stereocenters. The van der Waals surface area contributed by atoms with Gasteiger partial charge < -0.3 is 10.2 Å². The van der Waals surface area contributed by atoms with Crippen molar-refractivity contribution in [3.05, 3.63) is 59.7 Å². The number of nitrogens with zero attached hydrogens (tertiary/aromatic N) is 2. The van der Waals surface area contributed by atoms with Gasteiger partial charge in [0, 0.05) is 19.6 Å². The van der Waals surface area contributed by atoms with E-state index >= 15 is 0 Å². The van der Waals surface area contributed by atoms with Crippen molar-refractivity contribution in [2.24, 2.45) is 0 Å². The maximum atomic E-state index is 8.84. The van der Waals surface area contributed by atoms with E-state index in [4.69, 9.17) is 5.26 Å². The average Bonchev–Trinajstić information content (AvgIpc) is 2.62. The van der Waals surface area contributed by atoms with Gasteiger partial charge in [0.05, 0.1) is 11.6 Å². The Kier molecular flexibility index (Phi) is 6.80. The highest BCUT2D eigenvalue weighted by Gasteiger charge is 2.00. The van der Waals surface area contributed by atoms with Gasteiger partial charge >= 0.3 is 0 Å². The number of hydrogen-bond donors (Lipinski definition) is 1. The van der Waals surface area contributed by atoms with Crippen LogP contribution in [0.4, 0.5) is 0 Å². The van der Waals surface area contributed by atoms with Gasteiger partial charge in [0.1, 0.15) is 0 Å². The van der Waals surface area contributed by atoms with Gasteiger partial charge in [-0.2, -0.15) is 5.26 Å². The number of nitrogens with one attached hydrogen (secondary N) is 1. The Morgan fingerprint density at radius 3 is 2.00 bits per heavy atom. The van der Waals surface area contributed by atoms with Gasteiger partial charge in [-0.25, -0.2) is 0 Å². The van der Waals surface area contributed by atoms with Crippen LogP contribution in [-0.4, -0.2) is 31.1 Å². The first-order valence-corrected chi connectivity index (χ1v) is 8.29. The Balaban J connectivity index is 1.85. The fourth-order valence-electron chi connectivity index (χ4n) is 2.56. The lowest BCUT2D eigenvalue weighted by atomic mass is 10.0. The number of benzene rings is 2. The molecule has 0 saturated heterocycles. The fraction of sp³-hybridized carbons (Fsp3) is 0.350. The lowest BCUT2D eigenvalue weighted by Gasteiger charge is -2.18. The fourth-order valence-corrected chi connectivity index (χ4v) is 2.56. The molecule has 0 unspecified atom stereocenters. The predicted octanol–water partition coefficient (Wildman–Crippen LogP) is 3.66. The first-order chi connectivity index (χ1) is 11.3. The van der Waals surface area contributed by atoms with Crippen molar-refractivity contribution in [3.63, 3.8) is 0 Å². The van der Waals surface area contributed by atoms with E-state index in [1.807, 2.05) is 24.3 Å². The quantitative estimate of drug-likeness (QED) is 0.757. The Bertz CT molecular complexity index is 619. The Morgan fingerprint density at radius 1 is 0.913 bits per heavy atom. The summed E-state index contributed by atoms with van der Waals surface area (Å²) in [6.45, 7) is 9.62. The maximum Gasteiger partial charge on any atom is 0.0991 e. The molecule has 0 aliphatic rings. The Morgan fingerprint density at radius 2 is 1.48 bits per heavy atom. The minimum absolute atomic E-state index is 0.697. The lowest BCUT2D eigenvalue weighted by Crippen LogP contribution is -2.31. The van der Waals surface area contributed by atoms with Gasteiger partial charge in [-0.15, -0.1) is 0 Å². The summed E-state index contributed by atoms with van der Waals surface area (Å²) in [7, 11) is 0. The standard InChI is InChI=1S/C20H25N3/c1-3-23(4-2)14-13-22-16-18-7-11-20(12-8-18)19-9-5-17(15-21)6-10-19/h5-12,22H,3-4,13-14,16H2,1-2H3. The molecule has 3 heteroatoms. The molecule has 0 aliphatic carbocycles. The Hall–Kier alpha value is -2.15. The first-order valence-electron chi connectivity index (χ1n) is 8.29. The van der Waals surface area contributed by atoms with Crippen molar-refractivity contribution in [2.45, 2.75) is 20.4 Å². The van der Waals surface area contributed by atoms with Crippen LogP contribution in [0.5, 0.6) is 0 Å². The first kappa shape index (κ1) is 17.2. The topological polar surface area (TPSA) is 39.1 Å². The zero-order valence-corrected chi connectivity index (χ0v) is 14.0. The van der Waals surface area contributed by atoms with Crippen LogP contribution in [0.3, 0.4) is 0 Å². The van der Waals surface area contributed by atoms with E-state index in [1.54, 1.807) is 0 Å². The highest BCUT2D eigenvalue weighted by molar-refractivity contribution is 5.64. The summed E-state index contributed by atoms with van der Waals surface area (Å²) >= 11 is 0. The van der Waals surface area contributed by atoms with Gasteiger partial charge in [-0.05, 0) is 41.9 Å². The molecule has 2 rings (SSSR count). The summed E-state index contributed by atoms with van der Waals surface area (Å²) in [5.41, 5.74) is 4.32. The predicted molar refractivity (Wildman–Crippen MR) is 96.1 cm³/mol. The van der Waals surface area contributed by atoms with E-state index in [9.17, 15) is 0 Å². The summed E-state index contributed by atoms with van der Waals surface area (Å²) in [4.78, 5) is 2.42. The molecule has 120 valence electrons. The summed E-state index contributed by atoms with van der Waals surface area (Å²) in [5, 5.41) is 12.3. The molecule has 0 spiro atoms. The van der Waals surface area contributed by atoms with Crippen LogP contribution in [0, 0.1) is 11.3 Å². The molecule has 2 aromatic rings. The van der Waals surface area contributed by atoms with Crippen molar-refractivity contribution in [1.29, 1.82) is 5.26 Å². The van der Waals surface area contributed by atoms with Gasteiger partial charge in [0.25, 0.3) is 0 Å². The van der Waals surface area contributed by atoms with Crippen molar-refractivity contribution < 1.29 is 0 Å². The van der Waals surface area contributed by atoms with Crippen LogP contribution in [0.15, 0.2) is 48.5 Å². The molecule has 0 fully saturated rings. The van der Waals surface area contributed by atoms with Crippen LogP contribution in [0.25, 0.3) is 11.1 Å². The summed E-state index contributed by atoms with van der Waals surface area (Å²) in [6, 6.07) is 18.5. The molecule has 0 aliphatic heterocycles. The summed E-state index contributed by atoms with van der Waals surface area (Å²) in [5.74, 6) is 0. The zero-order valence-electron chi connectivity index (χ0n) is 14.0. The van der Waals surface area contributed by atoms with E-state index in [0.29, 0.717) is 5.56 Å². The number of hydrogen-bond acceptors (Lipinski definition) is 3. The highest BCUT2D eigenvalue weighted by atomic mass is 15.1. The van der Waals surface area contributed by atoms with Gasteiger partial charge in [-0.1, -0.05) is 50.2 Å². The second kappa shape index (κ2) is 9.09. The number of rotatable bonds is 8. The van der Waals surface area contributed by atoms with Crippen LogP contribution >= 0.6 is 0 Å². The van der Waals surface area contributed by atoms with Crippen LogP contribution in [0.2, 0.25) is 0 Å². The normalized spacial score (nSPS) is 10.7. The van der Waals surface area contributed by atoms with E-state index in [-0.39, 0.29) is 0 Å². The molecule has 0 aromatic heterocycles. The average molecular weight is 307 g/mol. The molecule has 0 saturated carbocycles. The molecule has 0 radical (unpaired) electrons. The molecule has 0 heterocycles. The van der Waals surface area contributed by atoms with E-state index in [2.05, 4.69) is 54.4 Å². The molecule has 23 heavy (non-hydrogen) atoms. The third kappa shape index (κ3) is 5.21. The van der Waals surface area contributed by atoms with Crippen molar-refractivity contribution >= 4 is 0 Å². The third-order valence-electron chi connectivity index (χ3n) is 4.13. The van der Waals surface area contributed by atoms with Crippen molar-refractivity contribution in [1.82, 2.24) is 10.2 Å². The van der Waals surface area contributed by atoms with Crippen molar-refractivity contribution in [3.8, 4) is 17.2 Å². The molecule has 2 aromatic carbocycles. The zero-order chi connectivity index (χ0) is 16.5. The van der Waals surface area contributed by atoms with Gasteiger partial charge in [-0.3, -0.25) is 0 Å².